The quantitative estimate of drug-likeness (QED) is 0.318. The van der Waals surface area contributed by atoms with Gasteiger partial charge in [0.25, 0.3) is 0 Å². The maximum atomic E-state index is 5.96. The van der Waals surface area contributed by atoms with Crippen LogP contribution in [0.2, 0.25) is 0 Å². The molecule has 0 amide bonds. The molecule has 0 unspecified atom stereocenters. The van der Waals surface area contributed by atoms with Gasteiger partial charge in [-0.05, 0) is 80.2 Å². The first-order valence-corrected chi connectivity index (χ1v) is 8.41. The highest BCUT2D eigenvalue weighted by Gasteiger charge is 2.35. The molecule has 0 spiro atoms. The number of anilines is 1. The van der Waals surface area contributed by atoms with Crippen LogP contribution in [0.25, 0.3) is 32.7 Å². The average molecular weight is 309 g/mol. The van der Waals surface area contributed by atoms with Crippen molar-refractivity contribution in [2.24, 2.45) is 0 Å². The first-order chi connectivity index (χ1) is 11.5. The number of rotatable bonds is 0. The first kappa shape index (κ1) is 13.6. The molecule has 4 aromatic carbocycles. The highest BCUT2D eigenvalue weighted by Crippen LogP contribution is 2.49. The molecule has 24 heavy (non-hydrogen) atoms. The summed E-state index contributed by atoms with van der Waals surface area (Å²) >= 11 is 0. The van der Waals surface area contributed by atoms with Crippen LogP contribution in [0.15, 0.2) is 66.7 Å². The van der Waals surface area contributed by atoms with Gasteiger partial charge in [0.2, 0.25) is 0 Å². The summed E-state index contributed by atoms with van der Waals surface area (Å²) in [7, 11) is 0. The maximum absolute atomic E-state index is 5.96. The molecule has 0 aromatic heterocycles. The molecule has 0 fully saturated rings. The Bertz CT molecular complexity index is 1140. The van der Waals surface area contributed by atoms with Gasteiger partial charge in [0, 0.05) is 11.1 Å². The predicted molar refractivity (Wildman–Crippen MR) is 103 cm³/mol. The van der Waals surface area contributed by atoms with E-state index < -0.39 is 0 Å². The number of fused-ring (bicyclic) bond motifs is 5. The van der Waals surface area contributed by atoms with E-state index in [0.717, 1.165) is 5.69 Å². The van der Waals surface area contributed by atoms with E-state index in [0.29, 0.717) is 0 Å². The molecule has 0 bridgehead atoms. The van der Waals surface area contributed by atoms with Gasteiger partial charge in [-0.3, -0.25) is 0 Å². The Hall–Kier alpha value is -2.80. The van der Waals surface area contributed by atoms with Crippen LogP contribution < -0.4 is 5.73 Å². The van der Waals surface area contributed by atoms with E-state index in [4.69, 9.17) is 5.73 Å². The Morgan fingerprint density at radius 3 is 2.21 bits per heavy atom. The summed E-state index contributed by atoms with van der Waals surface area (Å²) in [5.41, 5.74) is 12.4. The minimum atomic E-state index is 0.0518. The van der Waals surface area contributed by atoms with Gasteiger partial charge in [0.05, 0.1) is 0 Å². The third-order valence-electron chi connectivity index (χ3n) is 5.52. The largest absolute Gasteiger partial charge is 0.399 e. The van der Waals surface area contributed by atoms with Gasteiger partial charge >= 0.3 is 0 Å². The van der Waals surface area contributed by atoms with Crippen LogP contribution >= 0.6 is 0 Å². The Morgan fingerprint density at radius 2 is 1.33 bits per heavy atom. The smallest absolute Gasteiger partial charge is 0.0320 e. The lowest BCUT2D eigenvalue weighted by Gasteiger charge is -2.21. The summed E-state index contributed by atoms with van der Waals surface area (Å²) in [5, 5.41) is 5.02. The Labute approximate surface area is 141 Å². The van der Waals surface area contributed by atoms with Crippen molar-refractivity contribution in [3.8, 4) is 11.1 Å². The van der Waals surface area contributed by atoms with Gasteiger partial charge in [-0.1, -0.05) is 44.2 Å². The van der Waals surface area contributed by atoms with Gasteiger partial charge in [0.15, 0.2) is 0 Å². The number of hydrogen-bond donors (Lipinski definition) is 1. The summed E-state index contributed by atoms with van der Waals surface area (Å²) in [6.07, 6.45) is 0. The number of nitrogens with two attached hydrogens (primary N) is 1. The van der Waals surface area contributed by atoms with Crippen molar-refractivity contribution in [1.82, 2.24) is 0 Å². The van der Waals surface area contributed by atoms with E-state index >= 15 is 0 Å². The van der Waals surface area contributed by atoms with Crippen molar-refractivity contribution in [2.75, 3.05) is 5.73 Å². The molecule has 0 atom stereocenters. The molecule has 0 aliphatic heterocycles. The average Bonchev–Trinajstić information content (AvgIpc) is 2.79. The summed E-state index contributed by atoms with van der Waals surface area (Å²) in [6.45, 7) is 4.65. The molecule has 1 nitrogen and oxygen atoms in total. The highest BCUT2D eigenvalue weighted by molar-refractivity contribution is 6.02. The van der Waals surface area contributed by atoms with E-state index in [-0.39, 0.29) is 5.41 Å². The van der Waals surface area contributed by atoms with Gasteiger partial charge in [-0.2, -0.15) is 0 Å². The standard InChI is InChI=1S/C23H19N/c1-23(2)21-6-4-3-5-19(21)20-12-16-10-15-11-18(24)8-7-14(15)9-17(16)13-22(20)23/h3-13H,24H2,1-2H3. The molecule has 2 N–H and O–H groups in total. The second kappa shape index (κ2) is 4.39. The fourth-order valence-electron chi connectivity index (χ4n) is 4.22. The molecule has 0 heterocycles. The first-order valence-electron chi connectivity index (χ1n) is 8.41. The van der Waals surface area contributed by atoms with Gasteiger partial charge < -0.3 is 5.73 Å². The second-order valence-corrected chi connectivity index (χ2v) is 7.37. The molecular formula is C23H19N. The molecule has 1 aliphatic carbocycles. The van der Waals surface area contributed by atoms with Gasteiger partial charge in [0.1, 0.15) is 0 Å². The third kappa shape index (κ3) is 1.70. The lowest BCUT2D eigenvalue weighted by atomic mass is 9.82. The lowest BCUT2D eigenvalue weighted by Crippen LogP contribution is -2.14. The van der Waals surface area contributed by atoms with Crippen LogP contribution in [-0.2, 0) is 5.41 Å². The molecule has 0 radical (unpaired) electrons. The normalized spacial score (nSPS) is 14.8. The van der Waals surface area contributed by atoms with Crippen molar-refractivity contribution in [2.45, 2.75) is 19.3 Å². The molecule has 1 heteroatoms. The van der Waals surface area contributed by atoms with E-state index in [9.17, 15) is 0 Å². The number of nitrogen functional groups attached to an aromatic ring is 1. The van der Waals surface area contributed by atoms with Crippen LogP contribution in [0.5, 0.6) is 0 Å². The van der Waals surface area contributed by atoms with E-state index in [1.807, 2.05) is 6.07 Å². The zero-order valence-electron chi connectivity index (χ0n) is 13.9. The monoisotopic (exact) mass is 309 g/mol. The third-order valence-corrected chi connectivity index (χ3v) is 5.52. The van der Waals surface area contributed by atoms with Crippen molar-refractivity contribution < 1.29 is 0 Å². The highest BCUT2D eigenvalue weighted by atomic mass is 14.5. The van der Waals surface area contributed by atoms with Crippen LogP contribution in [0.4, 0.5) is 5.69 Å². The topological polar surface area (TPSA) is 26.0 Å². The zero-order chi connectivity index (χ0) is 16.5. The molecular weight excluding hydrogens is 290 g/mol. The minimum absolute atomic E-state index is 0.0518. The summed E-state index contributed by atoms with van der Waals surface area (Å²) < 4.78 is 0. The lowest BCUT2D eigenvalue weighted by molar-refractivity contribution is 0.661. The molecule has 0 saturated heterocycles. The molecule has 5 rings (SSSR count). The molecule has 0 saturated carbocycles. The fraction of sp³-hybridized carbons (Fsp3) is 0.130. The number of benzene rings is 4. The maximum Gasteiger partial charge on any atom is 0.0320 e. The van der Waals surface area contributed by atoms with Crippen LogP contribution in [0.3, 0.4) is 0 Å². The zero-order valence-corrected chi connectivity index (χ0v) is 13.9. The van der Waals surface area contributed by atoms with Crippen molar-refractivity contribution in [3.05, 3.63) is 77.9 Å². The minimum Gasteiger partial charge on any atom is -0.399 e. The van der Waals surface area contributed by atoms with Gasteiger partial charge in [-0.25, -0.2) is 0 Å². The molecule has 1 aliphatic rings. The van der Waals surface area contributed by atoms with Crippen LogP contribution in [0, 0.1) is 0 Å². The Balaban J connectivity index is 1.88. The van der Waals surface area contributed by atoms with Crippen molar-refractivity contribution >= 4 is 27.2 Å². The summed E-state index contributed by atoms with van der Waals surface area (Å²) in [5.74, 6) is 0. The SMILES string of the molecule is CC1(C)c2ccccc2-c2cc3cc4cc(N)ccc4cc3cc21. The fourth-order valence-corrected chi connectivity index (χ4v) is 4.22. The summed E-state index contributed by atoms with van der Waals surface area (Å²) in [6, 6.07) is 24.2. The predicted octanol–water partition coefficient (Wildman–Crippen LogP) is 5.88. The second-order valence-electron chi connectivity index (χ2n) is 7.37. The molecule has 4 aromatic rings. The van der Waals surface area contributed by atoms with Crippen molar-refractivity contribution in [3.63, 3.8) is 0 Å². The van der Waals surface area contributed by atoms with Crippen LogP contribution in [-0.4, -0.2) is 0 Å². The van der Waals surface area contributed by atoms with E-state index in [2.05, 4.69) is 74.5 Å². The van der Waals surface area contributed by atoms with Gasteiger partial charge in [-0.15, -0.1) is 0 Å². The Morgan fingerprint density at radius 1 is 0.625 bits per heavy atom. The van der Waals surface area contributed by atoms with E-state index in [1.54, 1.807) is 0 Å². The number of hydrogen-bond acceptors (Lipinski definition) is 1. The molecule has 116 valence electrons. The van der Waals surface area contributed by atoms with Crippen molar-refractivity contribution in [1.29, 1.82) is 0 Å². The Kier molecular flexibility index (Phi) is 2.49. The van der Waals surface area contributed by atoms with Crippen LogP contribution in [0.1, 0.15) is 25.0 Å². The summed E-state index contributed by atoms with van der Waals surface area (Å²) in [4.78, 5) is 0. The van der Waals surface area contributed by atoms with E-state index in [1.165, 1.54) is 43.8 Å².